The summed E-state index contributed by atoms with van der Waals surface area (Å²) in [6.07, 6.45) is 22.3. The van der Waals surface area contributed by atoms with E-state index in [0.717, 1.165) is 153 Å². The van der Waals surface area contributed by atoms with E-state index in [1.54, 1.807) is 15.2 Å². The number of hydrogen-bond donors (Lipinski definition) is 0. The first kappa shape index (κ1) is 45.7. The third kappa shape index (κ3) is 15.1. The Balaban J connectivity index is 1.70. The van der Waals surface area contributed by atoms with Crippen LogP contribution >= 0.6 is 0 Å². The molecule has 0 aliphatic carbocycles. The van der Waals surface area contributed by atoms with Gasteiger partial charge in [-0.15, -0.1) is 0 Å². The first-order valence-electron chi connectivity index (χ1n) is 22.3. The Morgan fingerprint density at radius 2 is 0.870 bits per heavy atom. The van der Waals surface area contributed by atoms with Crippen LogP contribution in [-0.2, 0) is 32.6 Å². The molecule has 54 heavy (non-hydrogen) atoms. The highest BCUT2D eigenvalue weighted by Gasteiger charge is 2.17. The summed E-state index contributed by atoms with van der Waals surface area (Å²) >= 11 is 0. The van der Waals surface area contributed by atoms with Crippen molar-refractivity contribution in [3.63, 3.8) is 0 Å². The van der Waals surface area contributed by atoms with Gasteiger partial charge in [0.05, 0.1) is 0 Å². The molecule has 0 spiro atoms. The molecule has 1 aliphatic heterocycles. The van der Waals surface area contributed by atoms with Crippen molar-refractivity contribution in [1.29, 1.82) is 0 Å². The molecule has 0 aromatic carbocycles. The maximum atomic E-state index is 13.9. The van der Waals surface area contributed by atoms with Gasteiger partial charge in [-0.05, 0) is 117 Å². The van der Waals surface area contributed by atoms with Gasteiger partial charge in [0.2, 0.25) is 0 Å². The summed E-state index contributed by atoms with van der Waals surface area (Å²) in [5, 5.41) is 0. The maximum Gasteiger partial charge on any atom is 0.331 e. The molecule has 2 aromatic rings. The van der Waals surface area contributed by atoms with Gasteiger partial charge in [-0.3, -0.25) is 27.9 Å². The zero-order valence-electron chi connectivity index (χ0n) is 35.3. The number of aryl methyl sites for hydroxylation is 1. The second-order valence-electron chi connectivity index (χ2n) is 16.0. The summed E-state index contributed by atoms with van der Waals surface area (Å²) < 4.78 is 6.72. The van der Waals surface area contributed by atoms with Gasteiger partial charge in [-0.1, -0.05) is 91.4 Å². The fourth-order valence-corrected chi connectivity index (χ4v) is 8.23. The Hall–Kier alpha value is -2.72. The Kier molecular flexibility index (Phi) is 22.1. The maximum absolute atomic E-state index is 13.9. The van der Waals surface area contributed by atoms with Gasteiger partial charge >= 0.3 is 11.4 Å². The van der Waals surface area contributed by atoms with Crippen LogP contribution in [0, 0.1) is 13.8 Å². The van der Waals surface area contributed by atoms with Gasteiger partial charge in [-0.2, -0.15) is 0 Å². The molecule has 0 fully saturated rings. The van der Waals surface area contributed by atoms with E-state index < -0.39 is 0 Å². The SMILES string of the molecule is CCCCCCCCCCc1c(C)n2c(=O)n(c1=O)CCCCCN(CC)CCCCCn1c(C)cc(=O)n(c1=O)CCCCCN(CC)CCCCC2. The predicted octanol–water partition coefficient (Wildman–Crippen LogP) is 7.67. The third-order valence-corrected chi connectivity index (χ3v) is 11.9. The molecule has 3 rings (SSSR count). The summed E-state index contributed by atoms with van der Waals surface area (Å²) in [6.45, 7) is 18.8. The van der Waals surface area contributed by atoms with Crippen molar-refractivity contribution in [2.75, 3.05) is 39.3 Å². The van der Waals surface area contributed by atoms with Gasteiger partial charge in [0.15, 0.2) is 0 Å². The van der Waals surface area contributed by atoms with Crippen molar-refractivity contribution in [2.24, 2.45) is 0 Å². The van der Waals surface area contributed by atoms with Crippen LogP contribution < -0.4 is 22.5 Å². The number of unbranched alkanes of at least 4 members (excludes halogenated alkanes) is 7. The molecule has 2 aromatic heterocycles. The molecule has 3 heterocycles. The van der Waals surface area contributed by atoms with Crippen LogP contribution in [-0.4, -0.2) is 67.3 Å². The first-order valence-corrected chi connectivity index (χ1v) is 22.3. The molecule has 0 radical (unpaired) electrons. The van der Waals surface area contributed by atoms with Gasteiger partial charge in [0.1, 0.15) is 0 Å². The van der Waals surface area contributed by atoms with E-state index in [0.29, 0.717) is 26.2 Å². The van der Waals surface area contributed by atoms with Crippen molar-refractivity contribution < 1.29 is 0 Å². The van der Waals surface area contributed by atoms with Crippen molar-refractivity contribution >= 4 is 0 Å². The topological polar surface area (TPSA) is 94.5 Å². The van der Waals surface area contributed by atoms with Crippen molar-refractivity contribution in [1.82, 2.24) is 28.1 Å². The minimum atomic E-state index is -0.182. The lowest BCUT2D eigenvalue weighted by molar-refractivity contribution is 0.271. The van der Waals surface area contributed by atoms with E-state index in [1.807, 2.05) is 18.4 Å². The first-order chi connectivity index (χ1) is 26.2. The molecule has 10 nitrogen and oxygen atoms in total. The van der Waals surface area contributed by atoms with E-state index in [2.05, 4.69) is 30.6 Å². The van der Waals surface area contributed by atoms with Crippen LogP contribution in [0.2, 0.25) is 0 Å². The van der Waals surface area contributed by atoms with Gasteiger partial charge in [0, 0.05) is 49.2 Å². The van der Waals surface area contributed by atoms with Crippen LogP contribution in [0.5, 0.6) is 0 Å². The molecule has 0 N–H and O–H groups in total. The Bertz CT molecular complexity index is 1590. The van der Waals surface area contributed by atoms with E-state index >= 15 is 0 Å². The zero-order valence-corrected chi connectivity index (χ0v) is 35.3. The number of rotatable bonds is 11. The van der Waals surface area contributed by atoms with Crippen LogP contribution in [0.1, 0.15) is 166 Å². The van der Waals surface area contributed by atoms with Crippen molar-refractivity contribution in [2.45, 2.75) is 196 Å². The molecule has 1 aliphatic rings. The third-order valence-electron chi connectivity index (χ3n) is 11.9. The fraction of sp³-hybridized carbons (Fsp3) is 0.818. The molecule has 10 heteroatoms. The molecule has 0 unspecified atom stereocenters. The summed E-state index contributed by atoms with van der Waals surface area (Å²) in [6, 6.07) is 1.62. The smallest absolute Gasteiger partial charge is 0.304 e. The van der Waals surface area contributed by atoms with Crippen LogP contribution in [0.15, 0.2) is 25.2 Å². The second-order valence-corrected chi connectivity index (χ2v) is 16.0. The molecule has 0 atom stereocenters. The predicted molar refractivity (Wildman–Crippen MR) is 225 cm³/mol. The minimum absolute atomic E-state index is 0.0543. The molecule has 308 valence electrons. The average molecular weight is 755 g/mol. The monoisotopic (exact) mass is 755 g/mol. The quantitative estimate of drug-likeness (QED) is 0.219. The molecule has 0 amide bonds. The molecular weight excluding hydrogens is 677 g/mol. The number of hydrogen-bond acceptors (Lipinski definition) is 6. The lowest BCUT2D eigenvalue weighted by atomic mass is 10.0. The number of aromatic nitrogens is 4. The van der Waals surface area contributed by atoms with Crippen LogP contribution in [0.4, 0.5) is 0 Å². The lowest BCUT2D eigenvalue weighted by Crippen LogP contribution is -2.43. The average Bonchev–Trinajstić information content (AvgIpc) is 3.15. The lowest BCUT2D eigenvalue weighted by Gasteiger charge is -2.21. The Labute approximate surface area is 327 Å². The molecule has 4 bridgehead atoms. The fourth-order valence-electron chi connectivity index (χ4n) is 8.23. The second kappa shape index (κ2) is 26.2. The van der Waals surface area contributed by atoms with Crippen LogP contribution in [0.25, 0.3) is 0 Å². The van der Waals surface area contributed by atoms with Crippen molar-refractivity contribution in [3.8, 4) is 0 Å². The van der Waals surface area contributed by atoms with Gasteiger partial charge < -0.3 is 9.80 Å². The highest BCUT2D eigenvalue weighted by atomic mass is 16.2. The standard InChI is InChI=1S/C44H78N6O4/c1-6-9-10-11-12-13-14-19-28-40-39(5)48-34-25-16-21-30-46(8-3)31-22-17-26-35-49-41(51)37-38(4)47(43(49)53)33-24-15-20-29-45(7-2)32-23-18-27-36-50(42(40)52)44(48)54/h37H,6-36H2,1-5H3. The van der Waals surface area contributed by atoms with E-state index in [-0.39, 0.29) is 22.5 Å². The number of nitrogens with zero attached hydrogens (tertiary/aromatic N) is 6. The molecule has 0 saturated carbocycles. The summed E-state index contributed by atoms with van der Waals surface area (Å²) in [4.78, 5) is 58.7. The zero-order chi connectivity index (χ0) is 39.1. The van der Waals surface area contributed by atoms with E-state index in [1.165, 1.54) is 43.1 Å². The highest BCUT2D eigenvalue weighted by molar-refractivity contribution is 5.17. The van der Waals surface area contributed by atoms with Crippen LogP contribution in [0.3, 0.4) is 0 Å². The molecular formula is C44H78N6O4. The Morgan fingerprint density at radius 1 is 0.463 bits per heavy atom. The minimum Gasteiger partial charge on any atom is -0.304 e. The molecule has 0 saturated heterocycles. The summed E-state index contributed by atoms with van der Waals surface area (Å²) in [7, 11) is 0. The van der Waals surface area contributed by atoms with Gasteiger partial charge in [0.25, 0.3) is 11.1 Å². The summed E-state index contributed by atoms with van der Waals surface area (Å²) in [5.41, 5.74) is 1.96. The highest BCUT2D eigenvalue weighted by Crippen LogP contribution is 2.13. The normalized spacial score (nSPS) is 17.6. The van der Waals surface area contributed by atoms with E-state index in [4.69, 9.17) is 0 Å². The van der Waals surface area contributed by atoms with Gasteiger partial charge in [-0.25, -0.2) is 9.59 Å². The summed E-state index contributed by atoms with van der Waals surface area (Å²) in [5.74, 6) is 0. The van der Waals surface area contributed by atoms with Crippen molar-refractivity contribution in [3.05, 3.63) is 64.7 Å². The Morgan fingerprint density at radius 3 is 1.37 bits per heavy atom. The largest absolute Gasteiger partial charge is 0.331 e. The van der Waals surface area contributed by atoms with E-state index in [9.17, 15) is 19.2 Å². The number of fused-ring (bicyclic) bond motifs is 4.